The first-order valence-electron chi connectivity index (χ1n) is 10.0. The molecule has 5 nitrogen and oxygen atoms in total. The molecule has 0 amide bonds. The van der Waals surface area contributed by atoms with Crippen LogP contribution in [-0.4, -0.2) is 43.6 Å². The molecule has 1 aromatic rings. The first kappa shape index (κ1) is 23.8. The molecule has 2 unspecified atom stereocenters. The molecule has 0 spiro atoms. The van der Waals surface area contributed by atoms with E-state index in [0.29, 0.717) is 5.56 Å². The van der Waals surface area contributed by atoms with Gasteiger partial charge in [-0.25, -0.2) is 8.42 Å². The molecular formula is C20H31F3N2O3S. The lowest BCUT2D eigenvalue weighted by atomic mass is 9.67. The van der Waals surface area contributed by atoms with E-state index in [4.69, 9.17) is 5.73 Å². The van der Waals surface area contributed by atoms with Crippen LogP contribution in [0, 0.1) is 5.92 Å². The number of phenolic OH excluding ortho intramolecular Hbond substituents is 1. The van der Waals surface area contributed by atoms with Gasteiger partial charge < -0.3 is 15.7 Å². The number of likely N-dealkylation sites (tertiary alicyclic amines) is 1. The summed E-state index contributed by atoms with van der Waals surface area (Å²) in [5, 5.41) is 10.2. The fourth-order valence-electron chi connectivity index (χ4n) is 4.11. The third-order valence-corrected chi connectivity index (χ3v) is 7.80. The Balaban J connectivity index is 2.26. The second-order valence-corrected chi connectivity index (χ2v) is 10.2. The maximum absolute atomic E-state index is 12.9. The quantitative estimate of drug-likeness (QED) is 0.375. The summed E-state index contributed by atoms with van der Waals surface area (Å²) in [6, 6.07) is 2.14. The molecule has 29 heavy (non-hydrogen) atoms. The lowest BCUT2D eigenvalue weighted by Gasteiger charge is -2.45. The Kier molecular flexibility index (Phi) is 7.15. The van der Waals surface area contributed by atoms with Crippen LogP contribution in [-0.2, 0) is 15.3 Å². The van der Waals surface area contributed by atoms with Gasteiger partial charge in [0.25, 0.3) is 9.84 Å². The molecule has 1 saturated heterocycles. The third kappa shape index (κ3) is 4.66. The molecule has 166 valence electrons. The third-order valence-electron chi connectivity index (χ3n) is 6.28. The minimum absolute atomic E-state index is 0.134. The average Bonchev–Trinajstić information content (AvgIpc) is 2.62. The number of alkyl halides is 3. The lowest BCUT2D eigenvalue weighted by molar-refractivity contribution is -0.0437. The Labute approximate surface area is 171 Å². The number of aromatic hydroxyl groups is 1. The van der Waals surface area contributed by atoms with Crippen molar-refractivity contribution >= 4 is 15.5 Å². The molecule has 3 N–H and O–H groups in total. The standard InChI is InChI=1S/C20H31F3N2O3S/c1-4-5-6-7-11-25-12-10-19(3,14(2)13-25)15-8-9-16(18(26)17(15)24)29(27,28)20(21,22)23/h8-9,14,26H,4-7,10-13,24H2,1-3H3. The van der Waals surface area contributed by atoms with Crippen molar-refractivity contribution in [2.45, 2.75) is 68.7 Å². The van der Waals surface area contributed by atoms with Gasteiger partial charge in [0.05, 0.1) is 5.69 Å². The second-order valence-electron chi connectivity index (χ2n) is 8.25. The highest BCUT2D eigenvalue weighted by atomic mass is 32.2. The van der Waals surface area contributed by atoms with Crippen molar-refractivity contribution in [2.75, 3.05) is 25.4 Å². The van der Waals surface area contributed by atoms with E-state index >= 15 is 0 Å². The van der Waals surface area contributed by atoms with Crippen molar-refractivity contribution in [1.82, 2.24) is 4.90 Å². The zero-order valence-corrected chi connectivity index (χ0v) is 18.0. The van der Waals surface area contributed by atoms with Gasteiger partial charge in [-0.15, -0.1) is 0 Å². The van der Waals surface area contributed by atoms with Crippen LogP contribution < -0.4 is 5.73 Å². The molecule has 0 bridgehead atoms. The number of unbranched alkanes of at least 4 members (excludes halogenated alkanes) is 3. The van der Waals surface area contributed by atoms with E-state index in [9.17, 15) is 26.7 Å². The largest absolute Gasteiger partial charge is 0.504 e. The molecule has 1 aliphatic heterocycles. The zero-order chi connectivity index (χ0) is 22.0. The van der Waals surface area contributed by atoms with E-state index < -0.39 is 31.4 Å². The number of nitrogens with zero attached hydrogens (tertiary/aromatic N) is 1. The van der Waals surface area contributed by atoms with Crippen molar-refractivity contribution in [1.29, 1.82) is 0 Å². The summed E-state index contributed by atoms with van der Waals surface area (Å²) in [4.78, 5) is 1.18. The molecule has 0 aromatic heterocycles. The summed E-state index contributed by atoms with van der Waals surface area (Å²) in [6.07, 6.45) is 5.43. The minimum Gasteiger partial charge on any atom is -0.504 e. The number of rotatable bonds is 7. The Bertz CT molecular complexity index is 827. The number of benzene rings is 1. The van der Waals surface area contributed by atoms with Gasteiger partial charge in [-0.05, 0) is 48.9 Å². The smallest absolute Gasteiger partial charge is 0.502 e. The summed E-state index contributed by atoms with van der Waals surface area (Å²) in [7, 11) is -5.67. The van der Waals surface area contributed by atoms with Crippen LogP contribution in [0.15, 0.2) is 17.0 Å². The molecular weight excluding hydrogens is 405 g/mol. The highest BCUT2D eigenvalue weighted by molar-refractivity contribution is 7.92. The van der Waals surface area contributed by atoms with Crippen molar-refractivity contribution in [3.63, 3.8) is 0 Å². The van der Waals surface area contributed by atoms with Gasteiger partial charge in [-0.2, -0.15) is 13.2 Å². The first-order valence-corrected chi connectivity index (χ1v) is 11.5. The number of anilines is 1. The number of halogens is 3. The van der Waals surface area contributed by atoms with Crippen molar-refractivity contribution in [2.24, 2.45) is 5.92 Å². The van der Waals surface area contributed by atoms with Crippen molar-refractivity contribution in [3.8, 4) is 5.75 Å². The maximum Gasteiger partial charge on any atom is 0.502 e. The molecule has 2 rings (SSSR count). The summed E-state index contributed by atoms with van der Waals surface area (Å²) >= 11 is 0. The first-order chi connectivity index (χ1) is 13.4. The maximum atomic E-state index is 12.9. The van der Waals surface area contributed by atoms with Crippen LogP contribution in [0.25, 0.3) is 0 Å². The van der Waals surface area contributed by atoms with Crippen LogP contribution in [0.1, 0.15) is 58.4 Å². The van der Waals surface area contributed by atoms with Gasteiger partial charge in [-0.3, -0.25) is 0 Å². The highest BCUT2D eigenvalue weighted by Crippen LogP contribution is 2.47. The molecule has 1 heterocycles. The van der Waals surface area contributed by atoms with Crippen LogP contribution in [0.5, 0.6) is 5.75 Å². The summed E-state index contributed by atoms with van der Waals surface area (Å²) in [5.74, 6) is -0.885. The average molecular weight is 437 g/mol. The molecule has 1 fully saturated rings. The summed E-state index contributed by atoms with van der Waals surface area (Å²) in [6.45, 7) is 8.81. The topological polar surface area (TPSA) is 83.6 Å². The number of phenols is 1. The second kappa shape index (κ2) is 8.71. The number of nitrogens with two attached hydrogens (primary N) is 1. The fourth-order valence-corrected chi connectivity index (χ4v) is 4.97. The van der Waals surface area contributed by atoms with Gasteiger partial charge in [-0.1, -0.05) is 46.1 Å². The number of nitrogen functional groups attached to an aromatic ring is 1. The van der Waals surface area contributed by atoms with Gasteiger partial charge in [0.2, 0.25) is 0 Å². The fraction of sp³-hybridized carbons (Fsp3) is 0.700. The molecule has 0 aliphatic carbocycles. The van der Waals surface area contributed by atoms with E-state index in [-0.39, 0.29) is 11.6 Å². The molecule has 1 aromatic carbocycles. The SMILES string of the molecule is CCCCCCN1CCC(C)(c2ccc(S(=O)(=O)C(F)(F)F)c(O)c2N)C(C)C1. The van der Waals surface area contributed by atoms with Gasteiger partial charge >= 0.3 is 5.51 Å². The predicted octanol–water partition coefficient (Wildman–Crippen LogP) is 4.45. The van der Waals surface area contributed by atoms with E-state index in [0.717, 1.165) is 38.5 Å². The van der Waals surface area contributed by atoms with Crippen molar-refractivity contribution in [3.05, 3.63) is 17.7 Å². The van der Waals surface area contributed by atoms with Crippen LogP contribution in [0.3, 0.4) is 0 Å². The summed E-state index contributed by atoms with van der Waals surface area (Å²) in [5.41, 5.74) is 0.187. The number of hydrogen-bond acceptors (Lipinski definition) is 5. The molecule has 9 heteroatoms. The lowest BCUT2D eigenvalue weighted by Crippen LogP contribution is -2.47. The van der Waals surface area contributed by atoms with E-state index in [2.05, 4.69) is 18.7 Å². The minimum atomic E-state index is -5.67. The number of piperidine rings is 1. The summed E-state index contributed by atoms with van der Waals surface area (Å²) < 4.78 is 62.0. The van der Waals surface area contributed by atoms with Crippen LogP contribution >= 0.6 is 0 Å². The van der Waals surface area contributed by atoms with E-state index in [1.165, 1.54) is 25.3 Å². The normalized spacial score (nSPS) is 24.0. The van der Waals surface area contributed by atoms with Gasteiger partial charge in [0.1, 0.15) is 4.90 Å². The van der Waals surface area contributed by atoms with E-state index in [1.54, 1.807) is 0 Å². The Morgan fingerprint density at radius 1 is 1.28 bits per heavy atom. The number of sulfone groups is 1. The van der Waals surface area contributed by atoms with Crippen LogP contribution in [0.2, 0.25) is 0 Å². The number of hydrogen-bond donors (Lipinski definition) is 2. The molecule has 0 radical (unpaired) electrons. The molecule has 0 saturated carbocycles. The van der Waals surface area contributed by atoms with Gasteiger partial charge in [0, 0.05) is 6.54 Å². The van der Waals surface area contributed by atoms with Crippen molar-refractivity contribution < 1.29 is 26.7 Å². The zero-order valence-electron chi connectivity index (χ0n) is 17.2. The van der Waals surface area contributed by atoms with Gasteiger partial charge in [0.15, 0.2) is 5.75 Å². The Morgan fingerprint density at radius 3 is 2.48 bits per heavy atom. The Morgan fingerprint density at radius 2 is 1.93 bits per heavy atom. The predicted molar refractivity (Wildman–Crippen MR) is 107 cm³/mol. The molecule has 2 atom stereocenters. The van der Waals surface area contributed by atoms with E-state index in [1.807, 2.05) is 6.92 Å². The Hall–Kier alpha value is -1.48. The highest BCUT2D eigenvalue weighted by Gasteiger charge is 2.49. The molecule has 1 aliphatic rings. The van der Waals surface area contributed by atoms with Crippen LogP contribution in [0.4, 0.5) is 18.9 Å². The monoisotopic (exact) mass is 436 g/mol.